The average molecular weight is 486 g/mol. The summed E-state index contributed by atoms with van der Waals surface area (Å²) in [6.45, 7) is 0. The van der Waals surface area contributed by atoms with Crippen LogP contribution in [0.5, 0.6) is 0 Å². The first kappa shape index (κ1) is 19.0. The van der Waals surface area contributed by atoms with Gasteiger partial charge in [0.15, 0.2) is 0 Å². The zero-order valence-corrected chi connectivity index (χ0v) is 21.3. The summed E-state index contributed by atoms with van der Waals surface area (Å²) in [4.78, 5) is 9.87. The molecule has 0 spiro atoms. The first-order valence-electron chi connectivity index (χ1n) is 10.2. The monoisotopic (exact) mass is 484 g/mol. The fourth-order valence-corrected chi connectivity index (χ4v) is 10.5. The van der Waals surface area contributed by atoms with Gasteiger partial charge in [-0.2, -0.15) is 0 Å². The molecular formula is C26H16N2S2Zn. The van der Waals surface area contributed by atoms with Gasteiger partial charge >= 0.3 is 197 Å². The van der Waals surface area contributed by atoms with Crippen LogP contribution in [0, 0.1) is 0 Å². The molecule has 0 atom stereocenters. The van der Waals surface area contributed by atoms with Crippen molar-refractivity contribution in [3.05, 3.63) is 97.1 Å². The minimum absolute atomic E-state index is 1.08. The van der Waals surface area contributed by atoms with Crippen LogP contribution in [0.4, 0.5) is 0 Å². The minimum atomic E-state index is -1.27. The zero-order valence-electron chi connectivity index (χ0n) is 16.7. The molecule has 0 saturated carbocycles. The summed E-state index contributed by atoms with van der Waals surface area (Å²) in [6.07, 6.45) is 0. The van der Waals surface area contributed by atoms with Gasteiger partial charge in [0.1, 0.15) is 0 Å². The summed E-state index contributed by atoms with van der Waals surface area (Å²) in [6, 6.07) is 34.5. The van der Waals surface area contributed by atoms with Crippen LogP contribution in [0.15, 0.2) is 97.1 Å². The van der Waals surface area contributed by atoms with Gasteiger partial charge in [0.25, 0.3) is 0 Å². The van der Waals surface area contributed by atoms with Crippen molar-refractivity contribution in [1.82, 2.24) is 9.97 Å². The standard InChI is InChI=1S/2C13H8NS.Zn/c2*1-2-6-10(7-3-1)13-14-11-8-4-5-9-12(11)15-13;/h2*1-6,8-9H;. The van der Waals surface area contributed by atoms with Crippen molar-refractivity contribution in [3.63, 3.8) is 0 Å². The van der Waals surface area contributed by atoms with Gasteiger partial charge in [0.2, 0.25) is 0 Å². The molecule has 0 aliphatic carbocycles. The quantitative estimate of drug-likeness (QED) is 0.275. The van der Waals surface area contributed by atoms with Gasteiger partial charge in [-0.3, -0.25) is 0 Å². The number of rotatable bonds is 4. The topological polar surface area (TPSA) is 25.8 Å². The summed E-state index contributed by atoms with van der Waals surface area (Å²) in [5, 5.41) is 2.25. The van der Waals surface area contributed by atoms with Crippen LogP contribution < -0.4 is 8.32 Å². The summed E-state index contributed by atoms with van der Waals surface area (Å²) < 4.78 is 5.44. The van der Waals surface area contributed by atoms with Crippen LogP contribution >= 0.6 is 22.7 Å². The number of fused-ring (bicyclic) bond motifs is 2. The van der Waals surface area contributed by atoms with E-state index in [1.54, 1.807) is 22.7 Å². The van der Waals surface area contributed by atoms with E-state index in [4.69, 9.17) is 9.97 Å². The Hall–Kier alpha value is -2.72. The number of hydrogen-bond donors (Lipinski definition) is 0. The number of thiazole rings is 2. The van der Waals surface area contributed by atoms with E-state index >= 15 is 0 Å². The second kappa shape index (κ2) is 8.08. The third kappa shape index (κ3) is 3.63. The van der Waals surface area contributed by atoms with Crippen LogP contribution in [0.2, 0.25) is 0 Å². The van der Waals surface area contributed by atoms with Gasteiger partial charge in [-0.1, -0.05) is 0 Å². The fourth-order valence-electron chi connectivity index (χ4n) is 3.95. The van der Waals surface area contributed by atoms with E-state index in [0.29, 0.717) is 0 Å². The Bertz CT molecular complexity index is 1350. The Kier molecular flexibility index (Phi) is 4.96. The number of hydrogen-bond acceptors (Lipinski definition) is 4. The molecule has 0 N–H and O–H groups in total. The maximum atomic E-state index is 4.93. The van der Waals surface area contributed by atoms with Gasteiger partial charge in [-0.25, -0.2) is 0 Å². The molecule has 0 fully saturated rings. The first-order valence-corrected chi connectivity index (χ1v) is 14.8. The number of para-hydroxylation sites is 2. The number of aromatic nitrogens is 2. The van der Waals surface area contributed by atoms with E-state index in [1.807, 2.05) is 0 Å². The van der Waals surface area contributed by atoms with Crippen molar-refractivity contribution in [1.29, 1.82) is 0 Å². The molecule has 31 heavy (non-hydrogen) atoms. The number of nitrogens with zero attached hydrogens (tertiary/aromatic N) is 2. The van der Waals surface area contributed by atoms with Crippen LogP contribution in [0.25, 0.3) is 41.6 Å². The van der Waals surface area contributed by atoms with Crippen LogP contribution in [-0.2, 0) is 17.1 Å². The van der Waals surface area contributed by atoms with Gasteiger partial charge < -0.3 is 0 Å². The van der Waals surface area contributed by atoms with E-state index in [1.165, 1.54) is 28.8 Å². The SMILES string of the molecule is c1ccc(-c2nc3ccccc3s2)[c]([Zn][c]2ccccc2-c2nc3ccccc3s2)c1. The Morgan fingerprint density at radius 3 is 1.39 bits per heavy atom. The molecule has 2 aromatic heterocycles. The third-order valence-electron chi connectivity index (χ3n) is 5.46. The molecular weight excluding hydrogens is 470 g/mol. The first-order chi connectivity index (χ1) is 15.3. The predicted molar refractivity (Wildman–Crippen MR) is 129 cm³/mol. The molecule has 0 saturated heterocycles. The Labute approximate surface area is 195 Å². The Balaban J connectivity index is 1.43. The van der Waals surface area contributed by atoms with Crippen LogP contribution in [0.3, 0.4) is 0 Å². The molecule has 4 aromatic carbocycles. The van der Waals surface area contributed by atoms with Crippen molar-refractivity contribution in [3.8, 4) is 21.1 Å². The predicted octanol–water partition coefficient (Wildman–Crippen LogP) is 6.27. The molecule has 6 aromatic rings. The summed E-state index contributed by atoms with van der Waals surface area (Å²) in [5.74, 6) is 0. The van der Waals surface area contributed by atoms with Crippen molar-refractivity contribution in [2.75, 3.05) is 0 Å². The van der Waals surface area contributed by atoms with Crippen LogP contribution in [0.1, 0.15) is 0 Å². The van der Waals surface area contributed by atoms with Crippen LogP contribution in [-0.4, -0.2) is 9.97 Å². The summed E-state index contributed by atoms with van der Waals surface area (Å²) in [5.41, 5.74) is 4.75. The molecule has 5 heteroatoms. The molecule has 0 unspecified atom stereocenters. The molecule has 6 rings (SSSR count). The van der Waals surface area contributed by atoms with E-state index in [2.05, 4.69) is 97.1 Å². The van der Waals surface area contributed by atoms with Crippen molar-refractivity contribution < 1.29 is 17.1 Å². The zero-order chi connectivity index (χ0) is 20.6. The molecule has 0 aliphatic heterocycles. The van der Waals surface area contributed by atoms with Crippen molar-refractivity contribution in [2.24, 2.45) is 0 Å². The summed E-state index contributed by atoms with van der Waals surface area (Å²) in [7, 11) is 0. The maximum absolute atomic E-state index is 4.93. The molecule has 0 bridgehead atoms. The van der Waals surface area contributed by atoms with Gasteiger partial charge in [-0.05, 0) is 0 Å². The Morgan fingerprint density at radius 1 is 0.484 bits per heavy atom. The second-order valence-corrected chi connectivity index (χ2v) is 13.5. The third-order valence-corrected chi connectivity index (χ3v) is 11.8. The van der Waals surface area contributed by atoms with E-state index in [0.717, 1.165) is 21.0 Å². The summed E-state index contributed by atoms with van der Waals surface area (Å²) >= 11 is 2.31. The normalized spacial score (nSPS) is 11.1. The molecule has 2 heterocycles. The van der Waals surface area contributed by atoms with E-state index in [-0.39, 0.29) is 0 Å². The molecule has 0 radical (unpaired) electrons. The molecule has 2 nitrogen and oxygen atoms in total. The number of benzene rings is 4. The van der Waals surface area contributed by atoms with Crippen molar-refractivity contribution in [2.45, 2.75) is 0 Å². The van der Waals surface area contributed by atoms with Crippen molar-refractivity contribution >= 4 is 51.4 Å². The second-order valence-electron chi connectivity index (χ2n) is 7.46. The molecule has 144 valence electrons. The fraction of sp³-hybridized carbons (Fsp3) is 0. The van der Waals surface area contributed by atoms with E-state index in [9.17, 15) is 0 Å². The Morgan fingerprint density at radius 2 is 0.903 bits per heavy atom. The molecule has 0 aliphatic rings. The molecule has 0 amide bonds. The van der Waals surface area contributed by atoms with Gasteiger partial charge in [-0.15, -0.1) is 0 Å². The van der Waals surface area contributed by atoms with E-state index < -0.39 is 17.1 Å². The van der Waals surface area contributed by atoms with Gasteiger partial charge in [0, 0.05) is 0 Å². The van der Waals surface area contributed by atoms with Gasteiger partial charge in [0.05, 0.1) is 0 Å². The average Bonchev–Trinajstić information content (AvgIpc) is 3.44.